The number of H-pyrrole nitrogens is 1. The number of nitrogens with zero attached hydrogens (tertiary/aromatic N) is 1. The topological polar surface area (TPSA) is 70.2 Å². The second kappa shape index (κ2) is 3.80. The lowest BCUT2D eigenvalue weighted by molar-refractivity contribution is -0.121. The van der Waals surface area contributed by atoms with Crippen LogP contribution in [0.1, 0.15) is 6.42 Å². The highest BCUT2D eigenvalue weighted by Gasteiger charge is 2.29. The van der Waals surface area contributed by atoms with Gasteiger partial charge in [0.1, 0.15) is 5.82 Å². The lowest BCUT2D eigenvalue weighted by Gasteiger charge is -2.14. The van der Waals surface area contributed by atoms with Crippen molar-refractivity contribution in [3.8, 4) is 0 Å². The molecule has 0 saturated carbocycles. The van der Waals surface area contributed by atoms with E-state index >= 15 is 0 Å². The maximum atomic E-state index is 11.9. The van der Waals surface area contributed by atoms with Crippen molar-refractivity contribution >= 4 is 28.4 Å². The summed E-state index contributed by atoms with van der Waals surface area (Å²) in [4.78, 5) is 39.1. The van der Waals surface area contributed by atoms with Crippen molar-refractivity contribution in [1.29, 1.82) is 0 Å². The molecule has 1 aliphatic rings. The minimum atomic E-state index is -0.272. The Hall–Kier alpha value is -2.43. The van der Waals surface area contributed by atoms with Crippen LogP contribution in [0.25, 0.3) is 10.9 Å². The summed E-state index contributed by atoms with van der Waals surface area (Å²) in [6.45, 7) is 0.0348. The molecule has 18 heavy (non-hydrogen) atoms. The lowest BCUT2D eigenvalue weighted by Crippen LogP contribution is -2.26. The maximum absolute atomic E-state index is 11.9. The molecule has 0 bridgehead atoms. The van der Waals surface area contributed by atoms with E-state index in [9.17, 15) is 14.4 Å². The molecule has 2 heterocycles. The first kappa shape index (κ1) is 10.7. The molecule has 5 heteroatoms. The molecule has 1 saturated heterocycles. The molecule has 3 rings (SSSR count). The number of aromatic nitrogens is 1. The van der Waals surface area contributed by atoms with Crippen molar-refractivity contribution in [2.45, 2.75) is 6.42 Å². The number of benzene rings is 1. The van der Waals surface area contributed by atoms with E-state index in [2.05, 4.69) is 4.98 Å². The van der Waals surface area contributed by atoms with Crippen LogP contribution in [0.4, 0.5) is 5.82 Å². The number of para-hydroxylation sites is 1. The molecule has 1 amide bonds. The molecule has 0 spiro atoms. The van der Waals surface area contributed by atoms with Crippen molar-refractivity contribution in [1.82, 2.24) is 4.98 Å². The first-order valence-corrected chi connectivity index (χ1v) is 5.59. The number of Topliss-reactive ketones (excluding diaryl/α,β-unsaturated/α-hetero) is 1. The van der Waals surface area contributed by atoms with E-state index in [0.29, 0.717) is 16.7 Å². The molecule has 0 unspecified atom stereocenters. The summed E-state index contributed by atoms with van der Waals surface area (Å²) in [5, 5.41) is 0.569. The monoisotopic (exact) mass is 242 g/mol. The number of amides is 1. The van der Waals surface area contributed by atoms with E-state index in [-0.39, 0.29) is 30.1 Å². The van der Waals surface area contributed by atoms with E-state index in [1.165, 1.54) is 11.0 Å². The summed E-state index contributed by atoms with van der Waals surface area (Å²) < 4.78 is 0. The number of anilines is 1. The third-order valence-electron chi connectivity index (χ3n) is 3.00. The van der Waals surface area contributed by atoms with Crippen LogP contribution < -0.4 is 10.3 Å². The maximum Gasteiger partial charge on any atom is 0.236 e. The van der Waals surface area contributed by atoms with E-state index in [1.807, 2.05) is 0 Å². The number of carbonyl (C=O) groups excluding carboxylic acids is 2. The molecule has 1 aromatic carbocycles. The number of hydrogen-bond donors (Lipinski definition) is 1. The Morgan fingerprint density at radius 3 is 2.61 bits per heavy atom. The number of pyridine rings is 1. The van der Waals surface area contributed by atoms with Crippen LogP contribution in [-0.2, 0) is 9.59 Å². The fourth-order valence-corrected chi connectivity index (χ4v) is 2.13. The van der Waals surface area contributed by atoms with Gasteiger partial charge in [0.2, 0.25) is 5.91 Å². The van der Waals surface area contributed by atoms with Crippen LogP contribution in [0.15, 0.2) is 35.1 Å². The Bertz CT molecular complexity index is 717. The Labute approximate surface area is 102 Å². The molecule has 1 N–H and O–H groups in total. The van der Waals surface area contributed by atoms with Crippen molar-refractivity contribution in [2.24, 2.45) is 0 Å². The highest BCUT2D eigenvalue weighted by atomic mass is 16.2. The van der Waals surface area contributed by atoms with Gasteiger partial charge in [-0.25, -0.2) is 0 Å². The molecule has 2 aromatic rings. The van der Waals surface area contributed by atoms with Gasteiger partial charge >= 0.3 is 0 Å². The van der Waals surface area contributed by atoms with Crippen LogP contribution in [-0.4, -0.2) is 23.2 Å². The quantitative estimate of drug-likeness (QED) is 0.753. The second-order valence-corrected chi connectivity index (χ2v) is 4.26. The minimum absolute atomic E-state index is 0.0348. The van der Waals surface area contributed by atoms with E-state index in [0.717, 1.165) is 0 Å². The van der Waals surface area contributed by atoms with Crippen LogP contribution in [0, 0.1) is 0 Å². The van der Waals surface area contributed by atoms with Crippen LogP contribution in [0.3, 0.4) is 0 Å². The zero-order chi connectivity index (χ0) is 12.7. The van der Waals surface area contributed by atoms with E-state index < -0.39 is 0 Å². The van der Waals surface area contributed by atoms with Crippen molar-refractivity contribution in [3.63, 3.8) is 0 Å². The summed E-state index contributed by atoms with van der Waals surface area (Å²) in [7, 11) is 0. The van der Waals surface area contributed by atoms with Gasteiger partial charge in [0, 0.05) is 11.5 Å². The average Bonchev–Trinajstić information content (AvgIpc) is 2.68. The van der Waals surface area contributed by atoms with Gasteiger partial charge in [0.25, 0.3) is 0 Å². The van der Waals surface area contributed by atoms with Gasteiger partial charge in [-0.05, 0) is 12.1 Å². The van der Waals surface area contributed by atoms with Crippen molar-refractivity contribution < 1.29 is 9.59 Å². The second-order valence-electron chi connectivity index (χ2n) is 4.26. The average molecular weight is 242 g/mol. The molecule has 5 nitrogen and oxygen atoms in total. The minimum Gasteiger partial charge on any atom is -0.341 e. The third kappa shape index (κ3) is 1.60. The highest BCUT2D eigenvalue weighted by Crippen LogP contribution is 2.18. The standard InChI is InChI=1S/C13H10N2O3/c16-8-5-13(18)15(7-8)12-6-11(17)9-3-1-2-4-10(9)14-12/h1-4,6H,5,7H2,(H,14,17). The summed E-state index contributed by atoms with van der Waals surface area (Å²) in [5.74, 6) is -0.0190. The van der Waals surface area contributed by atoms with Crippen molar-refractivity contribution in [3.05, 3.63) is 40.6 Å². The fourth-order valence-electron chi connectivity index (χ4n) is 2.13. The van der Waals surface area contributed by atoms with E-state index in [4.69, 9.17) is 0 Å². The summed E-state index contributed by atoms with van der Waals surface area (Å²) in [5.41, 5.74) is 0.499. The van der Waals surface area contributed by atoms with Crippen LogP contribution >= 0.6 is 0 Å². The molecule has 0 radical (unpaired) electrons. The van der Waals surface area contributed by atoms with Gasteiger partial charge in [-0.2, -0.15) is 0 Å². The normalized spacial score (nSPS) is 15.7. The number of fused-ring (bicyclic) bond motifs is 1. The number of carbonyl (C=O) groups is 2. The van der Waals surface area contributed by atoms with Gasteiger partial charge in [0.15, 0.2) is 11.2 Å². The Kier molecular flexibility index (Phi) is 2.26. The number of hydrogen-bond acceptors (Lipinski definition) is 3. The zero-order valence-corrected chi connectivity index (χ0v) is 9.47. The van der Waals surface area contributed by atoms with Crippen LogP contribution in [0.5, 0.6) is 0 Å². The summed E-state index contributed by atoms with van der Waals surface area (Å²) in [6.07, 6.45) is -0.0884. The number of ketones is 1. The van der Waals surface area contributed by atoms with Crippen molar-refractivity contribution in [2.75, 3.05) is 11.4 Å². The molecule has 1 aliphatic heterocycles. The Morgan fingerprint density at radius 1 is 1.11 bits per heavy atom. The van der Waals surface area contributed by atoms with E-state index in [1.54, 1.807) is 24.3 Å². The lowest BCUT2D eigenvalue weighted by atomic mass is 10.2. The molecular formula is C13H10N2O3. The summed E-state index contributed by atoms with van der Waals surface area (Å²) >= 11 is 0. The molecule has 0 aliphatic carbocycles. The van der Waals surface area contributed by atoms with Gasteiger partial charge < -0.3 is 4.98 Å². The highest BCUT2D eigenvalue weighted by molar-refractivity contribution is 6.14. The largest absolute Gasteiger partial charge is 0.341 e. The molecule has 1 aromatic heterocycles. The first-order valence-electron chi connectivity index (χ1n) is 5.59. The molecule has 0 atom stereocenters. The Morgan fingerprint density at radius 2 is 1.89 bits per heavy atom. The van der Waals surface area contributed by atoms with Gasteiger partial charge in [0.05, 0.1) is 18.5 Å². The SMILES string of the molecule is O=C1CC(=O)N(c2cc(=O)c3ccccc3[nH]2)C1. The predicted octanol–water partition coefficient (Wildman–Crippen LogP) is 0.834. The smallest absolute Gasteiger partial charge is 0.236 e. The first-order chi connectivity index (χ1) is 8.65. The van der Waals surface area contributed by atoms with Gasteiger partial charge in [-0.15, -0.1) is 0 Å². The number of rotatable bonds is 1. The molecule has 1 fully saturated rings. The number of aromatic amines is 1. The molecular weight excluding hydrogens is 232 g/mol. The summed E-state index contributed by atoms with van der Waals surface area (Å²) in [6, 6.07) is 8.43. The van der Waals surface area contributed by atoms with Crippen LogP contribution in [0.2, 0.25) is 0 Å². The fraction of sp³-hybridized carbons (Fsp3) is 0.154. The number of nitrogens with one attached hydrogen (secondary N) is 1. The molecule has 90 valence electrons. The Balaban J connectivity index is 2.16. The zero-order valence-electron chi connectivity index (χ0n) is 9.47. The van der Waals surface area contributed by atoms with Gasteiger partial charge in [-0.1, -0.05) is 12.1 Å². The van der Waals surface area contributed by atoms with Gasteiger partial charge in [-0.3, -0.25) is 19.3 Å². The third-order valence-corrected chi connectivity index (χ3v) is 3.00. The predicted molar refractivity (Wildman–Crippen MR) is 66.5 cm³/mol.